The van der Waals surface area contributed by atoms with Gasteiger partial charge in [-0.15, -0.1) is 0 Å². The van der Waals surface area contributed by atoms with Crippen molar-refractivity contribution in [3.8, 4) is 11.5 Å². The lowest BCUT2D eigenvalue weighted by Gasteiger charge is -2.14. The molecule has 0 spiro atoms. The zero-order valence-corrected chi connectivity index (χ0v) is 11.2. The molecule has 2 rings (SSSR count). The van der Waals surface area contributed by atoms with E-state index in [0.29, 0.717) is 17.7 Å². The highest BCUT2D eigenvalue weighted by Crippen LogP contribution is 2.32. The first-order valence-electron chi connectivity index (χ1n) is 6.46. The predicted molar refractivity (Wildman–Crippen MR) is 74.3 cm³/mol. The van der Waals surface area contributed by atoms with Crippen LogP contribution in [-0.2, 0) is 6.42 Å². The second kappa shape index (κ2) is 6.50. The van der Waals surface area contributed by atoms with Gasteiger partial charge in [0.05, 0.1) is 6.10 Å². The van der Waals surface area contributed by atoms with Crippen molar-refractivity contribution < 1.29 is 19.3 Å². The van der Waals surface area contributed by atoms with Crippen LogP contribution in [0.3, 0.4) is 0 Å². The predicted octanol–water partition coefficient (Wildman–Crippen LogP) is 3.21. The average molecular weight is 276 g/mol. The minimum Gasteiger partial charge on any atom is -0.454 e. The molecule has 0 aliphatic heterocycles. The highest BCUT2D eigenvalue weighted by Gasteiger charge is 2.14. The standard InChI is InChI=1S/C16H17FO3/c1-11(19)14-3-2-4-15(17)16(14)20-13-7-5-12(6-8-13)9-10-18/h2-8,11,18-19H,9-10H2,1H3/t11-/m1/s1. The Labute approximate surface area is 117 Å². The van der Waals surface area contributed by atoms with Crippen LogP contribution in [0.1, 0.15) is 24.2 Å². The Bertz CT molecular complexity index is 564. The minimum absolute atomic E-state index is 0.0393. The Balaban J connectivity index is 2.25. The molecule has 0 unspecified atom stereocenters. The maximum atomic E-state index is 13.8. The molecule has 0 amide bonds. The van der Waals surface area contributed by atoms with Crippen LogP contribution in [0.4, 0.5) is 4.39 Å². The largest absolute Gasteiger partial charge is 0.454 e. The Morgan fingerprint density at radius 1 is 1.15 bits per heavy atom. The van der Waals surface area contributed by atoms with Crippen molar-refractivity contribution in [3.63, 3.8) is 0 Å². The van der Waals surface area contributed by atoms with E-state index < -0.39 is 11.9 Å². The zero-order valence-electron chi connectivity index (χ0n) is 11.2. The third kappa shape index (κ3) is 3.35. The average Bonchev–Trinajstić information content (AvgIpc) is 2.43. The summed E-state index contributed by atoms with van der Waals surface area (Å²) in [5, 5.41) is 18.5. The summed E-state index contributed by atoms with van der Waals surface area (Å²) in [5.41, 5.74) is 1.38. The molecule has 1 atom stereocenters. The molecule has 0 radical (unpaired) electrons. The molecule has 3 nitrogen and oxygen atoms in total. The Hall–Kier alpha value is -1.91. The van der Waals surface area contributed by atoms with Gasteiger partial charge in [0.2, 0.25) is 0 Å². The van der Waals surface area contributed by atoms with Gasteiger partial charge >= 0.3 is 0 Å². The summed E-state index contributed by atoms with van der Waals surface area (Å²) in [4.78, 5) is 0. The lowest BCUT2D eigenvalue weighted by atomic mass is 10.1. The van der Waals surface area contributed by atoms with Crippen molar-refractivity contribution in [3.05, 3.63) is 59.4 Å². The van der Waals surface area contributed by atoms with Crippen LogP contribution < -0.4 is 4.74 Å². The molecule has 0 aromatic heterocycles. The Kier molecular flexibility index (Phi) is 4.71. The maximum Gasteiger partial charge on any atom is 0.168 e. The van der Waals surface area contributed by atoms with Gasteiger partial charge in [-0.2, -0.15) is 0 Å². The molecule has 0 bridgehead atoms. The molecular formula is C16H17FO3. The van der Waals surface area contributed by atoms with Crippen LogP contribution in [0.15, 0.2) is 42.5 Å². The van der Waals surface area contributed by atoms with Crippen molar-refractivity contribution in [2.24, 2.45) is 0 Å². The monoisotopic (exact) mass is 276 g/mol. The summed E-state index contributed by atoms with van der Waals surface area (Å²) in [6.07, 6.45) is -0.242. The highest BCUT2D eigenvalue weighted by atomic mass is 19.1. The fourth-order valence-corrected chi connectivity index (χ4v) is 1.93. The van der Waals surface area contributed by atoms with Gasteiger partial charge in [-0.1, -0.05) is 24.3 Å². The van der Waals surface area contributed by atoms with Crippen LogP contribution in [0.2, 0.25) is 0 Å². The number of benzene rings is 2. The van der Waals surface area contributed by atoms with Crippen LogP contribution in [0, 0.1) is 5.82 Å². The molecule has 2 aromatic carbocycles. The van der Waals surface area contributed by atoms with Gasteiger partial charge in [-0.05, 0) is 37.1 Å². The molecule has 2 aromatic rings. The van der Waals surface area contributed by atoms with Crippen molar-refractivity contribution in [2.75, 3.05) is 6.61 Å². The van der Waals surface area contributed by atoms with Gasteiger partial charge in [0.25, 0.3) is 0 Å². The molecule has 20 heavy (non-hydrogen) atoms. The van der Waals surface area contributed by atoms with E-state index in [1.807, 2.05) is 12.1 Å². The number of para-hydroxylation sites is 1. The number of hydrogen-bond acceptors (Lipinski definition) is 3. The number of rotatable bonds is 5. The van der Waals surface area contributed by atoms with E-state index in [2.05, 4.69) is 0 Å². The number of aliphatic hydroxyl groups excluding tert-OH is 2. The lowest BCUT2D eigenvalue weighted by molar-refractivity contribution is 0.194. The second-order valence-electron chi connectivity index (χ2n) is 4.55. The van der Waals surface area contributed by atoms with Crippen LogP contribution in [-0.4, -0.2) is 16.8 Å². The quantitative estimate of drug-likeness (QED) is 0.881. The summed E-state index contributed by atoms with van der Waals surface area (Å²) in [6.45, 7) is 1.64. The SMILES string of the molecule is C[C@@H](O)c1cccc(F)c1Oc1ccc(CCO)cc1. The fourth-order valence-electron chi connectivity index (χ4n) is 1.93. The third-order valence-corrected chi connectivity index (χ3v) is 2.99. The minimum atomic E-state index is -0.811. The number of aliphatic hydroxyl groups is 2. The van der Waals surface area contributed by atoms with Gasteiger partial charge < -0.3 is 14.9 Å². The molecule has 0 fully saturated rings. The first kappa shape index (κ1) is 14.5. The molecule has 0 saturated heterocycles. The second-order valence-corrected chi connectivity index (χ2v) is 4.55. The van der Waals surface area contributed by atoms with Gasteiger partial charge in [-0.3, -0.25) is 0 Å². The van der Waals surface area contributed by atoms with Crippen molar-refractivity contribution in [2.45, 2.75) is 19.4 Å². The van der Waals surface area contributed by atoms with E-state index in [9.17, 15) is 9.50 Å². The lowest BCUT2D eigenvalue weighted by Crippen LogP contribution is -1.99. The first-order chi connectivity index (χ1) is 9.61. The topological polar surface area (TPSA) is 49.7 Å². The van der Waals surface area contributed by atoms with Crippen molar-refractivity contribution >= 4 is 0 Å². The summed E-state index contributed by atoms with van der Waals surface area (Å²) < 4.78 is 19.4. The zero-order chi connectivity index (χ0) is 14.5. The van der Waals surface area contributed by atoms with Gasteiger partial charge in [0.1, 0.15) is 5.75 Å². The van der Waals surface area contributed by atoms with E-state index in [1.165, 1.54) is 12.1 Å². The summed E-state index contributed by atoms with van der Waals surface area (Å²) in [7, 11) is 0. The van der Waals surface area contributed by atoms with E-state index in [1.54, 1.807) is 25.1 Å². The maximum absolute atomic E-state index is 13.8. The fraction of sp³-hybridized carbons (Fsp3) is 0.250. The van der Waals surface area contributed by atoms with E-state index in [0.717, 1.165) is 5.56 Å². The van der Waals surface area contributed by atoms with Crippen LogP contribution in [0.5, 0.6) is 11.5 Å². The summed E-state index contributed by atoms with van der Waals surface area (Å²) in [6, 6.07) is 11.5. The molecule has 0 saturated carbocycles. The van der Waals surface area contributed by atoms with Gasteiger partial charge in [0, 0.05) is 12.2 Å². The third-order valence-electron chi connectivity index (χ3n) is 2.99. The number of halogens is 1. The van der Waals surface area contributed by atoms with E-state index >= 15 is 0 Å². The van der Waals surface area contributed by atoms with Gasteiger partial charge in [-0.25, -0.2) is 4.39 Å². The van der Waals surface area contributed by atoms with Gasteiger partial charge in [0.15, 0.2) is 11.6 Å². The smallest absolute Gasteiger partial charge is 0.168 e. The molecule has 0 aliphatic carbocycles. The summed E-state index contributed by atoms with van der Waals surface area (Å²) in [5.74, 6) is 0.0129. The normalized spacial score (nSPS) is 12.2. The molecule has 106 valence electrons. The Morgan fingerprint density at radius 3 is 2.45 bits per heavy atom. The molecule has 4 heteroatoms. The first-order valence-corrected chi connectivity index (χ1v) is 6.46. The highest BCUT2D eigenvalue weighted by molar-refractivity contribution is 5.40. The summed E-state index contributed by atoms with van der Waals surface area (Å²) >= 11 is 0. The van der Waals surface area contributed by atoms with Crippen molar-refractivity contribution in [1.82, 2.24) is 0 Å². The molecule has 2 N–H and O–H groups in total. The van der Waals surface area contributed by atoms with E-state index in [-0.39, 0.29) is 12.4 Å². The van der Waals surface area contributed by atoms with E-state index in [4.69, 9.17) is 9.84 Å². The van der Waals surface area contributed by atoms with Crippen LogP contribution in [0.25, 0.3) is 0 Å². The van der Waals surface area contributed by atoms with Crippen molar-refractivity contribution in [1.29, 1.82) is 0 Å². The number of hydrogen-bond donors (Lipinski definition) is 2. The molecule has 0 heterocycles. The molecule has 0 aliphatic rings. The molecular weight excluding hydrogens is 259 g/mol. The Morgan fingerprint density at radius 2 is 1.85 bits per heavy atom. The number of ether oxygens (including phenoxy) is 1. The van der Waals surface area contributed by atoms with Crippen LogP contribution >= 0.6 is 0 Å².